The largest absolute Gasteiger partial charge is 0.474 e. The molecule has 2 heterocycles. The molecule has 1 aromatic rings. The summed E-state index contributed by atoms with van der Waals surface area (Å²) in [6.07, 6.45) is 3.69. The summed E-state index contributed by atoms with van der Waals surface area (Å²) in [5, 5.41) is 0. The highest BCUT2D eigenvalue weighted by Gasteiger charge is 2.28. The van der Waals surface area contributed by atoms with Gasteiger partial charge in [0.15, 0.2) is 0 Å². The summed E-state index contributed by atoms with van der Waals surface area (Å²) in [6, 6.07) is 6.49. The van der Waals surface area contributed by atoms with E-state index in [1.807, 2.05) is 6.07 Å². The van der Waals surface area contributed by atoms with Crippen molar-refractivity contribution in [2.24, 2.45) is 10.9 Å². The lowest BCUT2D eigenvalue weighted by Gasteiger charge is -2.11. The van der Waals surface area contributed by atoms with E-state index in [4.69, 9.17) is 4.74 Å². The zero-order valence-electron chi connectivity index (χ0n) is 11.1. The smallest absolute Gasteiger partial charge is 0.235 e. The molecule has 3 rings (SSSR count). The van der Waals surface area contributed by atoms with Gasteiger partial charge in [-0.1, -0.05) is 26.3 Å². The maximum atomic E-state index is 5.72. The highest BCUT2D eigenvalue weighted by Crippen LogP contribution is 2.38. The second-order valence-corrected chi connectivity index (χ2v) is 5.42. The second-order valence-electron chi connectivity index (χ2n) is 5.42. The summed E-state index contributed by atoms with van der Waals surface area (Å²) < 4.78 is 5.72. The number of hydrogen-bond acceptors (Lipinski definition) is 3. The van der Waals surface area contributed by atoms with E-state index in [1.54, 1.807) is 0 Å². The second kappa shape index (κ2) is 4.71. The van der Waals surface area contributed by atoms with Gasteiger partial charge in [0.2, 0.25) is 5.90 Å². The van der Waals surface area contributed by atoms with Crippen LogP contribution in [0.4, 0.5) is 0 Å². The molecule has 2 atom stereocenters. The summed E-state index contributed by atoms with van der Waals surface area (Å²) in [5.41, 5.74) is 2.11. The van der Waals surface area contributed by atoms with Crippen LogP contribution in [0.5, 0.6) is 0 Å². The fraction of sp³-hybridized carbons (Fsp3) is 0.600. The number of nitrogens with zero attached hydrogens (tertiary/aromatic N) is 2. The van der Waals surface area contributed by atoms with Crippen molar-refractivity contribution in [3.05, 3.63) is 29.6 Å². The molecule has 0 unspecified atom stereocenters. The topological polar surface area (TPSA) is 34.5 Å². The molecule has 1 fully saturated rings. The molecule has 3 heteroatoms. The van der Waals surface area contributed by atoms with E-state index in [9.17, 15) is 0 Å². The summed E-state index contributed by atoms with van der Waals surface area (Å²) in [4.78, 5) is 9.36. The van der Waals surface area contributed by atoms with Crippen LogP contribution in [0.25, 0.3) is 0 Å². The number of ether oxygens (including phenoxy) is 1. The molecule has 1 saturated carbocycles. The van der Waals surface area contributed by atoms with Crippen LogP contribution in [0.2, 0.25) is 0 Å². The molecule has 0 radical (unpaired) electrons. The minimum absolute atomic E-state index is 0.302. The lowest BCUT2D eigenvalue weighted by Crippen LogP contribution is -2.16. The first-order chi connectivity index (χ1) is 8.78. The fourth-order valence-electron chi connectivity index (χ4n) is 2.27. The number of hydrogen-bond donors (Lipinski definition) is 0. The highest BCUT2D eigenvalue weighted by atomic mass is 16.5. The quantitative estimate of drug-likeness (QED) is 0.815. The van der Waals surface area contributed by atoms with Crippen LogP contribution in [0.1, 0.15) is 50.4 Å². The Balaban J connectivity index is 1.80. The van der Waals surface area contributed by atoms with Gasteiger partial charge in [-0.15, -0.1) is 0 Å². The van der Waals surface area contributed by atoms with Crippen LogP contribution < -0.4 is 0 Å². The standard InChI is InChI=1S/C15H20N2O/c1-3-10(2)14-9-18-15(17-14)13-6-4-5-12(16-13)11-7-8-11/h4-6,10-11,14H,3,7-9H2,1-2H3/t10-,14+/m0/s1. The van der Waals surface area contributed by atoms with E-state index in [0.717, 1.165) is 18.0 Å². The average molecular weight is 244 g/mol. The summed E-state index contributed by atoms with van der Waals surface area (Å²) >= 11 is 0. The third-order valence-corrected chi connectivity index (χ3v) is 3.96. The van der Waals surface area contributed by atoms with Crippen molar-refractivity contribution in [3.8, 4) is 0 Å². The van der Waals surface area contributed by atoms with Crippen molar-refractivity contribution < 1.29 is 4.74 Å². The van der Waals surface area contributed by atoms with Crippen molar-refractivity contribution in [2.45, 2.75) is 45.1 Å². The molecular weight excluding hydrogens is 224 g/mol. The monoisotopic (exact) mass is 244 g/mol. The Morgan fingerprint density at radius 2 is 2.22 bits per heavy atom. The van der Waals surface area contributed by atoms with Crippen LogP contribution in [0.15, 0.2) is 23.2 Å². The highest BCUT2D eigenvalue weighted by molar-refractivity contribution is 5.93. The van der Waals surface area contributed by atoms with Crippen LogP contribution >= 0.6 is 0 Å². The number of aromatic nitrogens is 1. The molecule has 0 N–H and O–H groups in total. The predicted molar refractivity (Wildman–Crippen MR) is 71.9 cm³/mol. The van der Waals surface area contributed by atoms with Gasteiger partial charge in [-0.25, -0.2) is 9.98 Å². The first-order valence-corrected chi connectivity index (χ1v) is 6.96. The number of rotatable bonds is 4. The van der Waals surface area contributed by atoms with Crippen LogP contribution in [-0.2, 0) is 4.74 Å². The lowest BCUT2D eigenvalue weighted by atomic mass is 10.0. The molecule has 0 bridgehead atoms. The zero-order chi connectivity index (χ0) is 12.5. The van der Waals surface area contributed by atoms with Crippen molar-refractivity contribution in [1.82, 2.24) is 4.98 Å². The molecule has 96 valence electrons. The fourth-order valence-corrected chi connectivity index (χ4v) is 2.27. The zero-order valence-corrected chi connectivity index (χ0v) is 11.1. The third-order valence-electron chi connectivity index (χ3n) is 3.96. The Morgan fingerprint density at radius 3 is 2.94 bits per heavy atom. The maximum Gasteiger partial charge on any atom is 0.235 e. The Morgan fingerprint density at radius 1 is 1.39 bits per heavy atom. The van der Waals surface area contributed by atoms with Gasteiger partial charge in [0.1, 0.15) is 12.3 Å². The summed E-state index contributed by atoms with van der Waals surface area (Å²) in [6.45, 7) is 5.14. The van der Waals surface area contributed by atoms with Gasteiger partial charge >= 0.3 is 0 Å². The number of aliphatic imine (C=N–C) groups is 1. The van der Waals surface area contributed by atoms with Gasteiger partial charge in [0.05, 0.1) is 6.04 Å². The molecule has 1 aromatic heterocycles. The van der Waals surface area contributed by atoms with Crippen molar-refractivity contribution in [1.29, 1.82) is 0 Å². The van der Waals surface area contributed by atoms with Gasteiger partial charge in [-0.05, 0) is 30.9 Å². The molecule has 0 spiro atoms. The predicted octanol–water partition coefficient (Wildman–Crippen LogP) is 3.15. The van der Waals surface area contributed by atoms with E-state index in [0.29, 0.717) is 24.5 Å². The molecule has 0 amide bonds. The molecular formula is C15H20N2O. The first kappa shape index (κ1) is 11.7. The Bertz CT molecular complexity index is 465. The van der Waals surface area contributed by atoms with E-state index in [-0.39, 0.29) is 0 Å². The maximum absolute atomic E-state index is 5.72. The van der Waals surface area contributed by atoms with Gasteiger partial charge in [0, 0.05) is 11.6 Å². The van der Waals surface area contributed by atoms with Crippen molar-refractivity contribution >= 4 is 5.90 Å². The Kier molecular flexibility index (Phi) is 3.06. The van der Waals surface area contributed by atoms with Crippen molar-refractivity contribution in [3.63, 3.8) is 0 Å². The average Bonchev–Trinajstić information content (AvgIpc) is 3.15. The van der Waals surface area contributed by atoms with Crippen LogP contribution in [-0.4, -0.2) is 23.5 Å². The van der Waals surface area contributed by atoms with Gasteiger partial charge < -0.3 is 4.74 Å². The Labute approximate surface area is 108 Å². The number of pyridine rings is 1. The van der Waals surface area contributed by atoms with Gasteiger partial charge in [0.25, 0.3) is 0 Å². The lowest BCUT2D eigenvalue weighted by molar-refractivity contribution is 0.282. The molecule has 1 aliphatic carbocycles. The van der Waals surface area contributed by atoms with E-state index < -0.39 is 0 Å². The molecule has 18 heavy (non-hydrogen) atoms. The van der Waals surface area contributed by atoms with E-state index >= 15 is 0 Å². The molecule has 0 aromatic carbocycles. The minimum Gasteiger partial charge on any atom is -0.474 e. The molecule has 0 saturated heterocycles. The third kappa shape index (κ3) is 2.26. The van der Waals surface area contributed by atoms with Gasteiger partial charge in [-0.3, -0.25) is 0 Å². The normalized spacial score (nSPS) is 24.6. The van der Waals surface area contributed by atoms with Gasteiger partial charge in [-0.2, -0.15) is 0 Å². The molecule has 3 nitrogen and oxygen atoms in total. The summed E-state index contributed by atoms with van der Waals surface area (Å²) in [7, 11) is 0. The van der Waals surface area contributed by atoms with Crippen LogP contribution in [0.3, 0.4) is 0 Å². The Hall–Kier alpha value is -1.38. The SMILES string of the molecule is CC[C@H](C)[C@H]1COC(c2cccc(C3CC3)n2)=N1. The van der Waals surface area contributed by atoms with E-state index in [1.165, 1.54) is 18.5 Å². The van der Waals surface area contributed by atoms with Crippen molar-refractivity contribution in [2.75, 3.05) is 6.61 Å². The van der Waals surface area contributed by atoms with E-state index in [2.05, 4.69) is 36.0 Å². The molecule has 1 aliphatic heterocycles. The first-order valence-electron chi connectivity index (χ1n) is 6.96. The van der Waals surface area contributed by atoms with Crippen LogP contribution in [0, 0.1) is 5.92 Å². The summed E-state index contributed by atoms with van der Waals surface area (Å²) in [5.74, 6) is 1.99. The minimum atomic E-state index is 0.302. The molecule has 2 aliphatic rings.